The Kier molecular flexibility index (Phi) is 4.81. The SMILES string of the molecule is CCCC(C)(CN)CN1CCCC(C)(C)C1. The second-order valence-electron chi connectivity index (χ2n) is 6.74. The third kappa shape index (κ3) is 4.06. The van der Waals surface area contributed by atoms with Crippen LogP contribution in [0.5, 0.6) is 0 Å². The molecule has 1 atom stereocenters. The number of piperidine rings is 1. The molecule has 0 saturated carbocycles. The zero-order chi connectivity index (χ0) is 12.2. The van der Waals surface area contributed by atoms with E-state index in [1.807, 2.05) is 0 Å². The normalized spacial score (nSPS) is 25.3. The van der Waals surface area contributed by atoms with E-state index >= 15 is 0 Å². The smallest absolute Gasteiger partial charge is 0.00476 e. The standard InChI is InChI=1S/C14H30N2/c1-5-7-14(4,10-15)12-16-9-6-8-13(2,3)11-16/h5-12,15H2,1-4H3. The second kappa shape index (κ2) is 5.50. The molecule has 0 radical (unpaired) electrons. The minimum Gasteiger partial charge on any atom is -0.330 e. The van der Waals surface area contributed by atoms with Gasteiger partial charge < -0.3 is 10.6 Å². The van der Waals surface area contributed by atoms with Gasteiger partial charge in [-0.05, 0) is 43.2 Å². The number of nitrogens with zero attached hydrogens (tertiary/aromatic N) is 1. The minimum absolute atomic E-state index is 0.322. The molecule has 1 heterocycles. The van der Waals surface area contributed by atoms with Crippen molar-refractivity contribution in [3.63, 3.8) is 0 Å². The predicted molar refractivity (Wildman–Crippen MR) is 71.5 cm³/mol. The van der Waals surface area contributed by atoms with Gasteiger partial charge in [-0.3, -0.25) is 0 Å². The van der Waals surface area contributed by atoms with Crippen molar-refractivity contribution in [1.82, 2.24) is 4.90 Å². The average Bonchev–Trinajstić information content (AvgIpc) is 2.16. The molecular formula is C14H30N2. The van der Waals surface area contributed by atoms with Crippen LogP contribution < -0.4 is 5.73 Å². The summed E-state index contributed by atoms with van der Waals surface area (Å²) in [6.07, 6.45) is 5.21. The molecule has 0 aromatic carbocycles. The van der Waals surface area contributed by atoms with E-state index in [4.69, 9.17) is 5.73 Å². The first-order valence-corrected chi connectivity index (χ1v) is 6.83. The van der Waals surface area contributed by atoms with Crippen LogP contribution in [0.25, 0.3) is 0 Å². The van der Waals surface area contributed by atoms with E-state index in [0.717, 1.165) is 6.54 Å². The molecule has 2 heteroatoms. The Morgan fingerprint density at radius 2 is 2.06 bits per heavy atom. The van der Waals surface area contributed by atoms with Crippen molar-refractivity contribution >= 4 is 0 Å². The Labute approximate surface area is 102 Å². The zero-order valence-electron chi connectivity index (χ0n) is 11.7. The lowest BCUT2D eigenvalue weighted by molar-refractivity contribution is 0.0740. The van der Waals surface area contributed by atoms with E-state index in [0.29, 0.717) is 10.8 Å². The largest absolute Gasteiger partial charge is 0.330 e. The van der Waals surface area contributed by atoms with Gasteiger partial charge in [-0.25, -0.2) is 0 Å². The fourth-order valence-electron chi connectivity index (χ4n) is 3.07. The fourth-order valence-corrected chi connectivity index (χ4v) is 3.07. The van der Waals surface area contributed by atoms with Crippen LogP contribution in [0.4, 0.5) is 0 Å². The third-order valence-electron chi connectivity index (χ3n) is 3.93. The molecule has 1 aliphatic rings. The summed E-state index contributed by atoms with van der Waals surface area (Å²) >= 11 is 0. The van der Waals surface area contributed by atoms with Crippen LogP contribution in [-0.4, -0.2) is 31.1 Å². The van der Waals surface area contributed by atoms with Crippen molar-refractivity contribution in [3.05, 3.63) is 0 Å². The van der Waals surface area contributed by atoms with Gasteiger partial charge in [-0.15, -0.1) is 0 Å². The highest BCUT2D eigenvalue weighted by Gasteiger charge is 2.31. The average molecular weight is 226 g/mol. The lowest BCUT2D eigenvalue weighted by atomic mass is 9.81. The Hall–Kier alpha value is -0.0800. The van der Waals surface area contributed by atoms with Crippen molar-refractivity contribution in [2.75, 3.05) is 26.2 Å². The number of rotatable bonds is 5. The number of nitrogens with two attached hydrogens (primary N) is 1. The quantitative estimate of drug-likeness (QED) is 0.781. The summed E-state index contributed by atoms with van der Waals surface area (Å²) in [5, 5.41) is 0. The predicted octanol–water partition coefficient (Wildman–Crippen LogP) is 2.87. The minimum atomic E-state index is 0.322. The highest BCUT2D eigenvalue weighted by Crippen LogP contribution is 2.31. The van der Waals surface area contributed by atoms with Gasteiger partial charge in [0.15, 0.2) is 0 Å². The van der Waals surface area contributed by atoms with Gasteiger partial charge in [0.25, 0.3) is 0 Å². The van der Waals surface area contributed by atoms with Gasteiger partial charge in [0.2, 0.25) is 0 Å². The van der Waals surface area contributed by atoms with Crippen LogP contribution in [0, 0.1) is 10.8 Å². The summed E-state index contributed by atoms with van der Waals surface area (Å²) in [6, 6.07) is 0. The van der Waals surface area contributed by atoms with Crippen molar-refractivity contribution in [2.45, 2.75) is 53.4 Å². The molecule has 1 aliphatic heterocycles. The summed E-state index contributed by atoms with van der Waals surface area (Å²) in [7, 11) is 0. The highest BCUT2D eigenvalue weighted by molar-refractivity contribution is 4.85. The first-order chi connectivity index (χ1) is 7.41. The van der Waals surface area contributed by atoms with Crippen LogP contribution >= 0.6 is 0 Å². The van der Waals surface area contributed by atoms with E-state index < -0.39 is 0 Å². The van der Waals surface area contributed by atoms with Crippen LogP contribution in [0.15, 0.2) is 0 Å². The van der Waals surface area contributed by atoms with Gasteiger partial charge in [-0.2, -0.15) is 0 Å². The van der Waals surface area contributed by atoms with Crippen LogP contribution in [0.3, 0.4) is 0 Å². The fraction of sp³-hybridized carbons (Fsp3) is 1.00. The Morgan fingerprint density at radius 1 is 1.38 bits per heavy atom. The molecule has 1 fully saturated rings. The lowest BCUT2D eigenvalue weighted by Crippen LogP contribution is -2.47. The molecule has 1 rings (SSSR count). The zero-order valence-corrected chi connectivity index (χ0v) is 11.7. The van der Waals surface area contributed by atoms with E-state index in [9.17, 15) is 0 Å². The molecule has 1 saturated heterocycles. The molecule has 0 aliphatic carbocycles. The van der Waals surface area contributed by atoms with Crippen molar-refractivity contribution < 1.29 is 0 Å². The monoisotopic (exact) mass is 226 g/mol. The van der Waals surface area contributed by atoms with Gasteiger partial charge in [-0.1, -0.05) is 34.1 Å². The summed E-state index contributed by atoms with van der Waals surface area (Å²) in [5.74, 6) is 0. The van der Waals surface area contributed by atoms with Gasteiger partial charge in [0, 0.05) is 13.1 Å². The molecule has 2 N–H and O–H groups in total. The summed E-state index contributed by atoms with van der Waals surface area (Å²) < 4.78 is 0. The molecule has 96 valence electrons. The topological polar surface area (TPSA) is 29.3 Å². The molecule has 0 aromatic rings. The van der Waals surface area contributed by atoms with Gasteiger partial charge >= 0.3 is 0 Å². The maximum Gasteiger partial charge on any atom is 0.00476 e. The molecule has 0 bridgehead atoms. The Bertz CT molecular complexity index is 213. The molecule has 0 spiro atoms. The maximum atomic E-state index is 5.95. The Morgan fingerprint density at radius 3 is 2.56 bits per heavy atom. The molecule has 0 aromatic heterocycles. The van der Waals surface area contributed by atoms with E-state index in [1.165, 1.54) is 45.3 Å². The summed E-state index contributed by atoms with van der Waals surface area (Å²) in [6.45, 7) is 13.9. The summed E-state index contributed by atoms with van der Waals surface area (Å²) in [5.41, 5.74) is 6.77. The molecule has 16 heavy (non-hydrogen) atoms. The van der Waals surface area contributed by atoms with Crippen molar-refractivity contribution in [2.24, 2.45) is 16.6 Å². The lowest BCUT2D eigenvalue weighted by Gasteiger charge is -2.42. The molecule has 1 unspecified atom stereocenters. The molecule has 0 amide bonds. The van der Waals surface area contributed by atoms with E-state index in [2.05, 4.69) is 32.6 Å². The maximum absolute atomic E-state index is 5.95. The van der Waals surface area contributed by atoms with E-state index in [-0.39, 0.29) is 0 Å². The van der Waals surface area contributed by atoms with Gasteiger partial charge in [0.05, 0.1) is 0 Å². The molecular weight excluding hydrogens is 196 g/mol. The Balaban J connectivity index is 2.51. The van der Waals surface area contributed by atoms with Crippen LogP contribution in [-0.2, 0) is 0 Å². The van der Waals surface area contributed by atoms with E-state index in [1.54, 1.807) is 0 Å². The highest BCUT2D eigenvalue weighted by atomic mass is 15.1. The number of hydrogen-bond donors (Lipinski definition) is 1. The number of hydrogen-bond acceptors (Lipinski definition) is 2. The molecule has 2 nitrogen and oxygen atoms in total. The third-order valence-corrected chi connectivity index (χ3v) is 3.93. The summed E-state index contributed by atoms with van der Waals surface area (Å²) in [4.78, 5) is 2.63. The van der Waals surface area contributed by atoms with Gasteiger partial charge in [0.1, 0.15) is 0 Å². The van der Waals surface area contributed by atoms with Crippen molar-refractivity contribution in [3.8, 4) is 0 Å². The van der Waals surface area contributed by atoms with Crippen LogP contribution in [0.1, 0.15) is 53.4 Å². The first kappa shape index (κ1) is 14.0. The first-order valence-electron chi connectivity index (χ1n) is 6.83. The second-order valence-corrected chi connectivity index (χ2v) is 6.74. The number of likely N-dealkylation sites (tertiary alicyclic amines) is 1. The van der Waals surface area contributed by atoms with Crippen molar-refractivity contribution in [1.29, 1.82) is 0 Å². The van der Waals surface area contributed by atoms with Crippen LogP contribution in [0.2, 0.25) is 0 Å².